The Kier molecular flexibility index (Phi) is 20.0. The minimum absolute atomic E-state index is 0. The van der Waals surface area contributed by atoms with Crippen molar-refractivity contribution < 1.29 is 25.8 Å². The van der Waals surface area contributed by atoms with Gasteiger partial charge in [0, 0.05) is 36.8 Å². The topological polar surface area (TPSA) is 69.3 Å². The Bertz CT molecular complexity index is 1600. The molecule has 4 aromatic carbocycles. The Balaban J connectivity index is 0.00000104. The monoisotopic (exact) mass is 829 g/mol. The van der Waals surface area contributed by atoms with Gasteiger partial charge in [-0.15, -0.1) is 17.0 Å². The van der Waals surface area contributed by atoms with Crippen LogP contribution in [0.4, 0.5) is 5.69 Å². The Morgan fingerprint density at radius 2 is 1.12 bits per heavy atom. The summed E-state index contributed by atoms with van der Waals surface area (Å²) in [6, 6.07) is 26.1. The summed E-state index contributed by atoms with van der Waals surface area (Å²) in [6.45, 7) is 15.7. The number of aryl methyl sites for hydroxylation is 3. The van der Waals surface area contributed by atoms with Crippen LogP contribution in [0.5, 0.6) is 0 Å². The van der Waals surface area contributed by atoms with Gasteiger partial charge >= 0.3 is 0 Å². The molecule has 0 saturated carbocycles. The van der Waals surface area contributed by atoms with Gasteiger partial charge in [-0.2, -0.15) is 42.3 Å². The second-order valence-corrected chi connectivity index (χ2v) is 13.3. The molecular formula is C41H55HfN5S-4. The van der Waals surface area contributed by atoms with Crippen LogP contribution in [-0.2, 0) is 25.8 Å². The van der Waals surface area contributed by atoms with Crippen molar-refractivity contribution in [3.05, 3.63) is 138 Å². The number of nitrogens with zero attached hydrogens (tertiary/aromatic N) is 5. The predicted octanol–water partition coefficient (Wildman–Crippen LogP) is 12.8. The van der Waals surface area contributed by atoms with E-state index in [4.69, 9.17) is 10.3 Å². The number of hydrogen-bond acceptors (Lipinski definition) is 2. The molecule has 1 atom stereocenters. The van der Waals surface area contributed by atoms with E-state index in [1.165, 1.54) is 49.7 Å². The summed E-state index contributed by atoms with van der Waals surface area (Å²) >= 11 is 1.72. The van der Waals surface area contributed by atoms with E-state index in [0.717, 1.165) is 16.4 Å². The van der Waals surface area contributed by atoms with Crippen LogP contribution < -0.4 is 0 Å². The smallest absolute Gasteiger partial charge is 0.0831 e. The van der Waals surface area contributed by atoms with Crippen molar-refractivity contribution in [3.63, 3.8) is 0 Å². The molecule has 0 saturated heterocycles. The maximum absolute atomic E-state index is 5.61. The van der Waals surface area contributed by atoms with Crippen molar-refractivity contribution in [2.45, 2.75) is 66.3 Å². The van der Waals surface area contributed by atoms with Crippen LogP contribution in [0.3, 0.4) is 0 Å². The Labute approximate surface area is 314 Å². The third-order valence-electron chi connectivity index (χ3n) is 7.43. The van der Waals surface area contributed by atoms with Crippen LogP contribution in [0.2, 0.25) is 0 Å². The molecule has 258 valence electrons. The Hall–Kier alpha value is -2.68. The number of aromatic nitrogens is 1. The number of benzene rings is 4. The van der Waals surface area contributed by atoms with Crippen LogP contribution >= 0.6 is 11.3 Å². The number of para-hydroxylation sites is 1. The fourth-order valence-electron chi connectivity index (χ4n) is 5.64. The van der Waals surface area contributed by atoms with E-state index in [-0.39, 0.29) is 31.9 Å². The van der Waals surface area contributed by atoms with Crippen LogP contribution in [0, 0.1) is 20.8 Å². The Morgan fingerprint density at radius 1 is 0.646 bits per heavy atom. The number of fused-ring (bicyclic) bond motifs is 1. The molecule has 0 bridgehead atoms. The second kappa shape index (κ2) is 22.1. The van der Waals surface area contributed by atoms with E-state index in [1.54, 1.807) is 53.6 Å². The van der Waals surface area contributed by atoms with Gasteiger partial charge in [-0.05, 0) is 66.1 Å². The van der Waals surface area contributed by atoms with Crippen molar-refractivity contribution >= 4 is 27.8 Å². The third kappa shape index (κ3) is 11.7. The van der Waals surface area contributed by atoms with Crippen LogP contribution in [0.25, 0.3) is 43.3 Å². The summed E-state index contributed by atoms with van der Waals surface area (Å²) in [5.41, 5.74) is 11.0. The summed E-state index contributed by atoms with van der Waals surface area (Å²) < 4.78 is 0. The zero-order valence-corrected chi connectivity index (χ0v) is 35.8. The van der Waals surface area contributed by atoms with Crippen LogP contribution in [0.15, 0.2) is 78.2 Å². The number of hydrogen-bond donors (Lipinski definition) is 0. The second-order valence-electron chi connectivity index (χ2n) is 12.4. The van der Waals surface area contributed by atoms with E-state index in [9.17, 15) is 0 Å². The molecule has 0 spiro atoms. The van der Waals surface area contributed by atoms with Crippen LogP contribution in [-0.4, -0.2) is 47.3 Å². The summed E-state index contributed by atoms with van der Waals surface area (Å²) in [5.74, 6) is 0.770. The van der Waals surface area contributed by atoms with Gasteiger partial charge < -0.3 is 21.3 Å². The molecule has 1 aromatic heterocycles. The predicted molar refractivity (Wildman–Crippen MR) is 211 cm³/mol. The van der Waals surface area contributed by atoms with Crippen molar-refractivity contribution in [1.82, 2.24) is 4.98 Å². The minimum Gasteiger partial charge on any atom is -0.672 e. The summed E-state index contributed by atoms with van der Waals surface area (Å²) in [6.07, 6.45) is 0. The zero-order valence-electron chi connectivity index (χ0n) is 31.4. The molecule has 48 heavy (non-hydrogen) atoms. The standard InChI is InChI=1S/C35H37N2S.3C2H6N.Hf/c1-21(2)27-15-11-16-28(22(3)4)33(27)37-34(32-24(6)18-23(5)19-25(32)7)35-36-31(20-38-35)30-17-10-13-26-12-8-9-14-29(26)30;3*1-3-2;/h8-22,34H,1-7H3;3*1-2H3;/q4*-1;. The minimum atomic E-state index is -0.165. The van der Waals surface area contributed by atoms with Gasteiger partial charge in [0.2, 0.25) is 0 Å². The molecule has 0 aliphatic carbocycles. The van der Waals surface area contributed by atoms with E-state index in [2.05, 4.69) is 143 Å². The van der Waals surface area contributed by atoms with Gasteiger partial charge in [0.15, 0.2) is 0 Å². The van der Waals surface area contributed by atoms with E-state index < -0.39 is 0 Å². The molecule has 7 heteroatoms. The SMILES string of the molecule is C[N-]C.C[N-]C.C[N-]C.Cc1cc(C)c(C([N-]c2c(C(C)C)cccc2C(C)C)c2nc(-c3cccc4ccccc34)cs2)c(C)c1.[Hf]. The van der Waals surface area contributed by atoms with Crippen molar-refractivity contribution in [1.29, 1.82) is 0 Å². The molecule has 0 N–H and O–H groups in total. The van der Waals surface area contributed by atoms with Gasteiger partial charge in [0.1, 0.15) is 0 Å². The molecule has 0 amide bonds. The molecule has 5 aromatic rings. The molecule has 0 fully saturated rings. The molecule has 1 heterocycles. The van der Waals surface area contributed by atoms with Gasteiger partial charge in [-0.1, -0.05) is 117 Å². The van der Waals surface area contributed by atoms with Gasteiger partial charge in [0.25, 0.3) is 0 Å². The first-order chi connectivity index (χ1) is 22.5. The largest absolute Gasteiger partial charge is 0.672 e. The maximum Gasteiger partial charge on any atom is 0.0831 e. The third-order valence-corrected chi connectivity index (χ3v) is 8.33. The molecule has 0 radical (unpaired) electrons. The quantitative estimate of drug-likeness (QED) is 0.151. The molecule has 0 aliphatic heterocycles. The summed E-state index contributed by atoms with van der Waals surface area (Å²) in [4.78, 5) is 5.28. The maximum atomic E-state index is 5.61. The van der Waals surface area contributed by atoms with Gasteiger partial charge in [-0.3, -0.25) is 0 Å². The molecule has 5 rings (SSSR count). The van der Waals surface area contributed by atoms with Crippen LogP contribution in [0.1, 0.15) is 84.0 Å². The van der Waals surface area contributed by atoms with E-state index in [1.807, 2.05) is 0 Å². The van der Waals surface area contributed by atoms with Crippen molar-refractivity contribution in [2.24, 2.45) is 0 Å². The molecular weight excluding hydrogens is 773 g/mol. The molecule has 0 aliphatic rings. The average Bonchev–Trinajstić information content (AvgIpc) is 3.51. The fourth-order valence-corrected chi connectivity index (χ4v) is 6.50. The number of thiazole rings is 1. The number of rotatable bonds is 7. The first kappa shape index (κ1) is 43.3. The van der Waals surface area contributed by atoms with E-state index >= 15 is 0 Å². The Morgan fingerprint density at radius 3 is 1.65 bits per heavy atom. The van der Waals surface area contributed by atoms with Gasteiger partial charge in [-0.25, -0.2) is 4.98 Å². The van der Waals surface area contributed by atoms with E-state index in [0.29, 0.717) is 11.8 Å². The first-order valence-electron chi connectivity index (χ1n) is 16.3. The molecule has 5 nitrogen and oxygen atoms in total. The fraction of sp³-hybridized carbons (Fsp3) is 0.390. The summed E-state index contributed by atoms with van der Waals surface area (Å²) in [5, 5.41) is 21.8. The molecule has 1 unspecified atom stereocenters. The summed E-state index contributed by atoms with van der Waals surface area (Å²) in [7, 11) is 10.5. The van der Waals surface area contributed by atoms with Gasteiger partial charge in [0.05, 0.1) is 10.7 Å². The van der Waals surface area contributed by atoms with Crippen molar-refractivity contribution in [2.75, 3.05) is 42.3 Å². The average molecular weight is 828 g/mol. The van der Waals surface area contributed by atoms with Crippen molar-refractivity contribution in [3.8, 4) is 11.3 Å². The first-order valence-corrected chi connectivity index (χ1v) is 17.2. The zero-order chi connectivity index (χ0) is 35.1. The normalized spacial score (nSPS) is 11.0.